The van der Waals surface area contributed by atoms with Gasteiger partial charge in [0.1, 0.15) is 5.52 Å². The zero-order chi connectivity index (χ0) is 23.8. The van der Waals surface area contributed by atoms with Gasteiger partial charge in [0.15, 0.2) is 5.65 Å². The second-order valence-corrected chi connectivity index (χ2v) is 12.9. The van der Waals surface area contributed by atoms with Crippen molar-refractivity contribution in [1.29, 1.82) is 0 Å². The van der Waals surface area contributed by atoms with Gasteiger partial charge in [0.05, 0.1) is 23.3 Å². The summed E-state index contributed by atoms with van der Waals surface area (Å²) in [5, 5.41) is -0.253. The van der Waals surface area contributed by atoms with E-state index in [-0.39, 0.29) is 22.7 Å². The molecule has 4 rings (SSSR count). The summed E-state index contributed by atoms with van der Waals surface area (Å²) in [6.45, 7) is 4.67. The highest BCUT2D eigenvalue weighted by Gasteiger charge is 2.30. The molecule has 3 aromatic rings. The summed E-state index contributed by atoms with van der Waals surface area (Å²) in [5.41, 5.74) is 2.99. The Labute approximate surface area is 193 Å². The first-order valence-electron chi connectivity index (χ1n) is 10.9. The smallest absolute Gasteiger partial charge is 0.247 e. The van der Waals surface area contributed by atoms with E-state index in [1.54, 1.807) is 22.8 Å². The van der Waals surface area contributed by atoms with Gasteiger partial charge in [0.25, 0.3) is 0 Å². The first kappa shape index (κ1) is 23.7. The lowest BCUT2D eigenvalue weighted by Gasteiger charge is -2.32. The Kier molecular flexibility index (Phi) is 6.52. The predicted octanol–water partition coefficient (Wildman–Crippen LogP) is 2.06. The van der Waals surface area contributed by atoms with Crippen LogP contribution < -0.4 is 0 Å². The van der Waals surface area contributed by atoms with Gasteiger partial charge in [-0.05, 0) is 37.2 Å². The molecule has 12 heteroatoms. The van der Waals surface area contributed by atoms with Gasteiger partial charge in [0.2, 0.25) is 25.0 Å². The fourth-order valence-electron chi connectivity index (χ4n) is 4.15. The Morgan fingerprint density at radius 2 is 1.94 bits per heavy atom. The normalized spacial score (nSPS) is 18.2. The number of aromatic nitrogens is 5. The van der Waals surface area contributed by atoms with Crippen molar-refractivity contribution in [1.82, 2.24) is 29.2 Å². The summed E-state index contributed by atoms with van der Waals surface area (Å²) in [4.78, 5) is 20.4. The third kappa shape index (κ3) is 5.39. The molecule has 0 aliphatic carbocycles. The fraction of sp³-hybridized carbons (Fsp3) is 0.524. The lowest BCUT2D eigenvalue weighted by atomic mass is 9.93. The molecule has 0 bridgehead atoms. The molecule has 1 aliphatic heterocycles. The lowest BCUT2D eigenvalue weighted by molar-refractivity contribution is 0.263. The maximum atomic E-state index is 12.8. The Balaban J connectivity index is 1.68. The number of hydrogen-bond donors (Lipinski definition) is 1. The number of nitrogens with one attached hydrogen (secondary N) is 1. The largest absolute Gasteiger partial charge is 0.345 e. The van der Waals surface area contributed by atoms with E-state index in [1.165, 1.54) is 6.20 Å². The van der Waals surface area contributed by atoms with Crippen LogP contribution in [0.2, 0.25) is 0 Å². The molecular formula is C21H28N6O4S2. The molecule has 0 saturated carbocycles. The van der Waals surface area contributed by atoms with Crippen LogP contribution in [0.15, 0.2) is 29.8 Å². The van der Waals surface area contributed by atoms with Crippen LogP contribution in [0.4, 0.5) is 0 Å². The zero-order valence-corrected chi connectivity index (χ0v) is 20.5. The molecule has 0 unspecified atom stereocenters. The molecule has 178 valence electrons. The van der Waals surface area contributed by atoms with Gasteiger partial charge in [-0.3, -0.25) is 0 Å². The average Bonchev–Trinajstić information content (AvgIpc) is 3.20. The summed E-state index contributed by atoms with van der Waals surface area (Å²) in [7, 11) is -6.95. The average molecular weight is 493 g/mol. The van der Waals surface area contributed by atoms with Crippen molar-refractivity contribution in [2.24, 2.45) is 11.8 Å². The standard InChI is InChI=1S/C21H28N6O4S2/c1-14(2)13-33(30,31)27-8-4-5-15(12-27)9-18-16(10-24-21(26-18)32(3,28)29)19-11-23-20-17(25-19)6-7-22-20/h6-7,10-11,14-15H,4-5,8-9,12-13H2,1-3H3,(H,22,23)/t15-/m1/s1. The van der Waals surface area contributed by atoms with Crippen LogP contribution in [0.3, 0.4) is 0 Å². The van der Waals surface area contributed by atoms with Crippen LogP contribution in [0.1, 0.15) is 32.4 Å². The molecule has 0 aromatic carbocycles. The molecule has 0 spiro atoms. The van der Waals surface area contributed by atoms with E-state index in [0.717, 1.165) is 19.1 Å². The summed E-state index contributed by atoms with van der Waals surface area (Å²) in [5.74, 6) is 0.164. The van der Waals surface area contributed by atoms with Gasteiger partial charge in [-0.15, -0.1) is 0 Å². The molecule has 0 radical (unpaired) electrons. The highest BCUT2D eigenvalue weighted by Crippen LogP contribution is 2.28. The first-order valence-corrected chi connectivity index (χ1v) is 14.4. The van der Waals surface area contributed by atoms with Crippen LogP contribution >= 0.6 is 0 Å². The molecule has 0 amide bonds. The molecule has 1 atom stereocenters. The van der Waals surface area contributed by atoms with Crippen LogP contribution in [0.5, 0.6) is 0 Å². The number of piperidine rings is 1. The minimum Gasteiger partial charge on any atom is -0.345 e. The molecule has 10 nitrogen and oxygen atoms in total. The number of sulfonamides is 1. The summed E-state index contributed by atoms with van der Waals surface area (Å²) in [6.07, 6.45) is 7.87. The Hall–Kier alpha value is -2.44. The van der Waals surface area contributed by atoms with Gasteiger partial charge in [-0.1, -0.05) is 13.8 Å². The maximum absolute atomic E-state index is 12.8. The van der Waals surface area contributed by atoms with Gasteiger partial charge in [-0.2, -0.15) is 0 Å². The molecule has 33 heavy (non-hydrogen) atoms. The number of hydrogen-bond acceptors (Lipinski definition) is 8. The van der Waals surface area contributed by atoms with E-state index in [1.807, 2.05) is 13.8 Å². The van der Waals surface area contributed by atoms with Crippen molar-refractivity contribution in [3.8, 4) is 11.3 Å². The first-order chi connectivity index (χ1) is 15.5. The Bertz CT molecular complexity index is 1370. The van der Waals surface area contributed by atoms with Crippen LogP contribution in [0, 0.1) is 11.8 Å². The highest BCUT2D eigenvalue weighted by molar-refractivity contribution is 7.90. The number of nitrogens with zero attached hydrogens (tertiary/aromatic N) is 5. The zero-order valence-electron chi connectivity index (χ0n) is 18.9. The van der Waals surface area contributed by atoms with Crippen LogP contribution in [-0.2, 0) is 26.3 Å². The van der Waals surface area contributed by atoms with Crippen molar-refractivity contribution in [3.63, 3.8) is 0 Å². The molecular weight excluding hydrogens is 464 g/mol. The number of rotatable bonds is 7. The van der Waals surface area contributed by atoms with E-state index < -0.39 is 19.9 Å². The minimum absolute atomic E-state index is 0.00527. The van der Waals surface area contributed by atoms with Crippen LogP contribution in [-0.4, -0.2) is 71.2 Å². The highest BCUT2D eigenvalue weighted by atomic mass is 32.2. The topological polar surface area (TPSA) is 139 Å². The minimum atomic E-state index is -3.61. The van der Waals surface area contributed by atoms with E-state index in [4.69, 9.17) is 0 Å². The maximum Gasteiger partial charge on any atom is 0.247 e. The molecule has 1 fully saturated rings. The SMILES string of the molecule is CC(C)CS(=O)(=O)N1CCC[C@H](Cc2nc(S(C)(=O)=O)ncc2-c2cnc3[nH]ccc3n2)C1. The summed E-state index contributed by atoms with van der Waals surface area (Å²) in [6, 6.07) is 1.80. The number of H-pyrrole nitrogens is 1. The van der Waals surface area contributed by atoms with E-state index in [9.17, 15) is 16.8 Å². The second-order valence-electron chi connectivity index (χ2n) is 8.99. The third-order valence-electron chi connectivity index (χ3n) is 5.61. The molecule has 1 saturated heterocycles. The molecule has 3 aromatic heterocycles. The number of sulfone groups is 1. The van der Waals surface area contributed by atoms with Gasteiger partial charge >= 0.3 is 0 Å². The van der Waals surface area contributed by atoms with Gasteiger partial charge in [0, 0.05) is 37.3 Å². The van der Waals surface area contributed by atoms with Crippen molar-refractivity contribution < 1.29 is 16.8 Å². The summed E-state index contributed by atoms with van der Waals surface area (Å²) >= 11 is 0. The Morgan fingerprint density at radius 3 is 2.67 bits per heavy atom. The van der Waals surface area contributed by atoms with E-state index >= 15 is 0 Å². The summed E-state index contributed by atoms with van der Waals surface area (Å²) < 4.78 is 51.3. The number of fused-ring (bicyclic) bond motifs is 1. The monoisotopic (exact) mass is 492 g/mol. The van der Waals surface area contributed by atoms with Gasteiger partial charge in [-0.25, -0.2) is 41.1 Å². The number of aromatic amines is 1. The van der Waals surface area contributed by atoms with Crippen molar-refractivity contribution >= 4 is 31.0 Å². The third-order valence-corrected chi connectivity index (χ3v) is 8.68. The van der Waals surface area contributed by atoms with Crippen LogP contribution in [0.25, 0.3) is 22.4 Å². The van der Waals surface area contributed by atoms with Crippen molar-refractivity contribution in [3.05, 3.63) is 30.4 Å². The Morgan fingerprint density at radius 1 is 1.15 bits per heavy atom. The fourth-order valence-corrected chi connectivity index (χ4v) is 6.57. The van der Waals surface area contributed by atoms with E-state index in [0.29, 0.717) is 47.6 Å². The molecule has 1 N–H and O–H groups in total. The predicted molar refractivity (Wildman–Crippen MR) is 125 cm³/mol. The molecule has 1 aliphatic rings. The van der Waals surface area contributed by atoms with Gasteiger partial charge < -0.3 is 4.98 Å². The molecule has 4 heterocycles. The van der Waals surface area contributed by atoms with Crippen molar-refractivity contribution in [2.75, 3.05) is 25.1 Å². The lowest BCUT2D eigenvalue weighted by Crippen LogP contribution is -2.42. The second kappa shape index (κ2) is 9.07. The quantitative estimate of drug-likeness (QED) is 0.495. The van der Waals surface area contributed by atoms with Crippen molar-refractivity contribution in [2.45, 2.75) is 38.3 Å². The van der Waals surface area contributed by atoms with E-state index in [2.05, 4.69) is 24.9 Å².